The second-order valence-electron chi connectivity index (χ2n) is 0.577. The molecule has 0 aromatic heterocycles. The molecule has 0 amide bonds. The maximum Gasteiger partial charge on any atom is 1.00 e. The summed E-state index contributed by atoms with van der Waals surface area (Å²) in [6.07, 6.45) is 0. The summed E-state index contributed by atoms with van der Waals surface area (Å²) >= 11 is 0. The van der Waals surface area contributed by atoms with E-state index in [2.05, 4.69) is 0 Å². The fraction of sp³-hybridized carbons (Fsp3) is 1.00. The molecule has 0 fully saturated rings. The van der Waals surface area contributed by atoms with Crippen molar-refractivity contribution in [2.45, 2.75) is 0 Å². The molecule has 4 N–H and O–H groups in total. The number of rotatable bonds is 1. The van der Waals surface area contributed by atoms with E-state index in [1.165, 1.54) is 0 Å². The molecule has 0 saturated heterocycles. The molecule has 26 valence electrons. The molecular weight excluding hydrogens is 98.0 g/mol. The average molecular weight is 108 g/mol. The summed E-state index contributed by atoms with van der Waals surface area (Å²) in [6.45, 7) is 1.19. The third-order valence-corrected chi connectivity index (χ3v) is 0.167. The quantitative estimate of drug-likeness (QED) is 0.328. The maximum atomic E-state index is 4.90. The van der Waals surface area contributed by atoms with Crippen molar-refractivity contribution in [3.63, 3.8) is 0 Å². The number of hydrogen-bond donors (Lipinski definition) is 2. The van der Waals surface area contributed by atoms with Crippen LogP contribution in [-0.2, 0) is 0 Å². The van der Waals surface area contributed by atoms with E-state index in [9.17, 15) is 0 Å². The molecule has 0 aliphatic carbocycles. The standard InChI is InChI=1S/C2H8N2.2Na/c3-1-2-4;;/h1-4H2;;/q;2*+1/p+2. The van der Waals surface area contributed by atoms with Crippen molar-refractivity contribution in [1.82, 2.24) is 0 Å². The van der Waals surface area contributed by atoms with Crippen molar-refractivity contribution in [2.24, 2.45) is 11.5 Å². The minimum Gasteiger partial charge on any atom is -0.329 e. The van der Waals surface area contributed by atoms with Crippen molar-refractivity contribution in [3.05, 3.63) is 0 Å². The third-order valence-electron chi connectivity index (χ3n) is 0.167. The Morgan fingerprint density at radius 2 is 1.17 bits per heavy atom. The van der Waals surface area contributed by atoms with Crippen molar-refractivity contribution >= 4 is 0 Å². The monoisotopic (exact) mass is 108 g/mol. The van der Waals surface area contributed by atoms with Gasteiger partial charge in [-0.05, 0) is 0 Å². The summed E-state index contributed by atoms with van der Waals surface area (Å²) in [5, 5.41) is 0. The second kappa shape index (κ2) is 15.8. The van der Waals surface area contributed by atoms with Crippen molar-refractivity contribution < 1.29 is 62.0 Å². The van der Waals surface area contributed by atoms with Crippen LogP contribution in [0.3, 0.4) is 0 Å². The normalized spacial score (nSPS) is 5.00. The molecule has 0 aliphatic heterocycles. The van der Waals surface area contributed by atoms with Crippen LogP contribution < -0.4 is 70.6 Å². The zero-order chi connectivity index (χ0) is 3.41. The third kappa shape index (κ3) is 16.8. The molecule has 0 aromatic carbocycles. The summed E-state index contributed by atoms with van der Waals surface area (Å²) < 4.78 is 0. The number of nitrogens with two attached hydrogens (primary N) is 2. The smallest absolute Gasteiger partial charge is 0.329 e. The van der Waals surface area contributed by atoms with Gasteiger partial charge in [0.05, 0.1) is 0 Å². The summed E-state index contributed by atoms with van der Waals surface area (Å²) in [5.74, 6) is 0. The fourth-order valence-corrected chi connectivity index (χ4v) is 0. The molecule has 0 unspecified atom stereocenters. The summed E-state index contributed by atoms with van der Waals surface area (Å²) in [5.41, 5.74) is 9.81. The van der Waals surface area contributed by atoms with Crippen LogP contribution in [0.1, 0.15) is 2.85 Å². The fourth-order valence-electron chi connectivity index (χ4n) is 0. The summed E-state index contributed by atoms with van der Waals surface area (Å²) in [4.78, 5) is 0. The largest absolute Gasteiger partial charge is 1.00 e. The molecule has 0 atom stereocenters. The van der Waals surface area contributed by atoms with Crippen LogP contribution in [0.15, 0.2) is 0 Å². The van der Waals surface area contributed by atoms with Crippen LogP contribution in [0, 0.1) is 0 Å². The van der Waals surface area contributed by atoms with E-state index in [0.29, 0.717) is 13.1 Å². The zero-order valence-electron chi connectivity index (χ0n) is 6.57. The van der Waals surface area contributed by atoms with Crippen molar-refractivity contribution in [1.29, 1.82) is 0 Å². The first-order valence-corrected chi connectivity index (χ1v) is 1.32. The molecule has 0 saturated carbocycles. The van der Waals surface area contributed by atoms with Gasteiger partial charge in [0.1, 0.15) is 0 Å². The van der Waals surface area contributed by atoms with E-state index in [1.54, 1.807) is 0 Å². The van der Waals surface area contributed by atoms with E-state index in [0.717, 1.165) is 0 Å². The molecule has 0 bridgehead atoms. The predicted molar refractivity (Wildman–Crippen MR) is 20.3 cm³/mol. The first-order valence-electron chi connectivity index (χ1n) is 1.32. The minimum absolute atomic E-state index is 0. The summed E-state index contributed by atoms with van der Waals surface area (Å²) in [7, 11) is 0. The van der Waals surface area contributed by atoms with E-state index in [4.69, 9.17) is 11.5 Å². The first-order chi connectivity index (χ1) is 1.91. The number of hydrogen-bond acceptors (Lipinski definition) is 2. The molecule has 2 nitrogen and oxygen atoms in total. The first kappa shape index (κ1) is 15.7. The van der Waals surface area contributed by atoms with E-state index in [1.807, 2.05) is 0 Å². The van der Waals surface area contributed by atoms with Gasteiger partial charge in [-0.15, -0.1) is 0 Å². The predicted octanol–water partition coefficient (Wildman–Crippen LogP) is -6.86. The Morgan fingerprint density at radius 1 is 1.00 bits per heavy atom. The molecule has 0 spiro atoms. The van der Waals surface area contributed by atoms with Crippen molar-refractivity contribution in [3.8, 4) is 0 Å². The Kier molecular flexibility index (Phi) is 41.2. The minimum atomic E-state index is 0. The van der Waals surface area contributed by atoms with E-state index >= 15 is 0 Å². The van der Waals surface area contributed by atoms with Crippen LogP contribution in [0.25, 0.3) is 0 Å². The van der Waals surface area contributed by atoms with Gasteiger partial charge < -0.3 is 11.5 Å². The Morgan fingerprint density at radius 3 is 1.17 bits per heavy atom. The Bertz CT molecular complexity index is 18.0. The van der Waals surface area contributed by atoms with E-state index < -0.39 is 0 Å². The van der Waals surface area contributed by atoms with Gasteiger partial charge in [0.15, 0.2) is 0 Å². The van der Waals surface area contributed by atoms with Crippen LogP contribution >= 0.6 is 0 Å². The molecular formula is C2H10N2Na2+4. The van der Waals surface area contributed by atoms with Gasteiger partial charge in [0, 0.05) is 13.1 Å². The molecule has 0 rings (SSSR count). The molecule has 0 heterocycles. The Labute approximate surface area is 85.6 Å². The summed E-state index contributed by atoms with van der Waals surface area (Å²) in [6, 6.07) is 0. The van der Waals surface area contributed by atoms with Gasteiger partial charge in [-0.1, -0.05) is 0 Å². The van der Waals surface area contributed by atoms with Crippen LogP contribution in [0.4, 0.5) is 0 Å². The van der Waals surface area contributed by atoms with Crippen LogP contribution in [0.2, 0.25) is 0 Å². The molecule has 4 heteroatoms. The van der Waals surface area contributed by atoms with Gasteiger partial charge in [-0.3, -0.25) is 0 Å². The van der Waals surface area contributed by atoms with Crippen LogP contribution in [0.5, 0.6) is 0 Å². The average Bonchev–Trinajstić information content (AvgIpc) is 1.37. The maximum absolute atomic E-state index is 4.90. The van der Waals surface area contributed by atoms with Gasteiger partial charge in [-0.2, -0.15) is 0 Å². The topological polar surface area (TPSA) is 52.0 Å². The van der Waals surface area contributed by atoms with Crippen molar-refractivity contribution in [2.75, 3.05) is 13.1 Å². The Hall–Kier alpha value is 1.92. The van der Waals surface area contributed by atoms with Gasteiger partial charge in [0.25, 0.3) is 0 Å². The van der Waals surface area contributed by atoms with Gasteiger partial charge >= 0.3 is 62.0 Å². The van der Waals surface area contributed by atoms with E-state index in [-0.39, 0.29) is 62.0 Å². The van der Waals surface area contributed by atoms with Gasteiger partial charge in [0.2, 0.25) is 0 Å². The Balaban J connectivity index is -0.00000000750. The molecule has 0 aliphatic rings. The molecule has 0 radical (unpaired) electrons. The molecule has 6 heavy (non-hydrogen) atoms. The second-order valence-corrected chi connectivity index (χ2v) is 0.577. The zero-order valence-corrected chi connectivity index (χ0v) is 8.57. The SMILES string of the molecule is NCCN.[H+].[H+].[Na+].[Na+]. The molecule has 0 aromatic rings. The van der Waals surface area contributed by atoms with Gasteiger partial charge in [-0.25, -0.2) is 0 Å². The van der Waals surface area contributed by atoms with Crippen LogP contribution in [-0.4, -0.2) is 13.1 Å².